The molecule has 0 unspecified atom stereocenters. The molecule has 0 saturated carbocycles. The Kier molecular flexibility index (Phi) is 2.72. The summed E-state index contributed by atoms with van der Waals surface area (Å²) in [6, 6.07) is 5.73. The molecule has 5 heteroatoms. The summed E-state index contributed by atoms with van der Waals surface area (Å²) in [5.41, 5.74) is 0.652. The molecular weight excluding hydrogens is 200 g/mol. The minimum atomic E-state index is -3.64. The van der Waals surface area contributed by atoms with Crippen LogP contribution < -0.4 is 0 Å². The zero-order valence-corrected chi connectivity index (χ0v) is 7.64. The molecule has 0 fully saturated rings. The van der Waals surface area contributed by atoms with Crippen molar-refractivity contribution in [1.29, 1.82) is 0 Å². The zero-order chi connectivity index (χ0) is 9.19. The van der Waals surface area contributed by atoms with Crippen molar-refractivity contribution in [2.45, 2.75) is 11.5 Å². The summed E-state index contributed by atoms with van der Waals surface area (Å²) in [5.74, 6) is 0. The molecule has 0 heterocycles. The lowest BCUT2D eigenvalue weighted by Gasteiger charge is -1.97. The second-order valence-corrected chi connectivity index (χ2v) is 4.81. The first-order valence-corrected chi connectivity index (χ1v) is 5.49. The van der Waals surface area contributed by atoms with Crippen LogP contribution >= 0.6 is 10.7 Å². The number of hydrogen-bond acceptors (Lipinski definition) is 3. The maximum atomic E-state index is 10.7. The van der Waals surface area contributed by atoms with Gasteiger partial charge in [0.25, 0.3) is 9.05 Å². The van der Waals surface area contributed by atoms with E-state index in [-0.39, 0.29) is 11.5 Å². The van der Waals surface area contributed by atoms with E-state index in [1.807, 2.05) is 0 Å². The molecule has 0 aliphatic rings. The SMILES string of the molecule is O=S(=O)(Cl)c1ccc(CO)cc1. The first-order valence-electron chi connectivity index (χ1n) is 3.18. The van der Waals surface area contributed by atoms with Crippen molar-refractivity contribution in [3.05, 3.63) is 29.8 Å². The summed E-state index contributed by atoms with van der Waals surface area (Å²) < 4.78 is 21.5. The third-order valence-corrected chi connectivity index (χ3v) is 2.76. The van der Waals surface area contributed by atoms with E-state index in [9.17, 15) is 8.42 Å². The van der Waals surface area contributed by atoms with Gasteiger partial charge in [-0.2, -0.15) is 0 Å². The molecule has 0 atom stereocenters. The van der Waals surface area contributed by atoms with E-state index in [0.717, 1.165) is 0 Å². The van der Waals surface area contributed by atoms with E-state index in [1.54, 1.807) is 0 Å². The molecule has 0 amide bonds. The van der Waals surface area contributed by atoms with Gasteiger partial charge in [0.15, 0.2) is 0 Å². The van der Waals surface area contributed by atoms with Crippen LogP contribution in [0.15, 0.2) is 29.2 Å². The largest absolute Gasteiger partial charge is 0.392 e. The minimum absolute atomic E-state index is 0.0429. The highest BCUT2D eigenvalue weighted by Gasteiger charge is 2.08. The highest BCUT2D eigenvalue weighted by molar-refractivity contribution is 8.13. The van der Waals surface area contributed by atoms with Gasteiger partial charge in [-0.3, -0.25) is 0 Å². The third kappa shape index (κ3) is 2.20. The maximum Gasteiger partial charge on any atom is 0.261 e. The van der Waals surface area contributed by atoms with Crippen LogP contribution in [0.2, 0.25) is 0 Å². The predicted molar refractivity (Wildman–Crippen MR) is 45.4 cm³/mol. The van der Waals surface area contributed by atoms with Gasteiger partial charge in [-0.1, -0.05) is 12.1 Å². The fourth-order valence-electron chi connectivity index (χ4n) is 0.757. The molecule has 66 valence electrons. The Morgan fingerprint density at radius 2 is 1.75 bits per heavy atom. The molecule has 0 aromatic heterocycles. The number of aliphatic hydroxyl groups is 1. The van der Waals surface area contributed by atoms with E-state index in [0.29, 0.717) is 5.56 Å². The van der Waals surface area contributed by atoms with E-state index < -0.39 is 9.05 Å². The van der Waals surface area contributed by atoms with Crippen molar-refractivity contribution in [1.82, 2.24) is 0 Å². The van der Waals surface area contributed by atoms with Gasteiger partial charge in [-0.05, 0) is 17.7 Å². The third-order valence-electron chi connectivity index (χ3n) is 1.39. The molecule has 0 bridgehead atoms. The molecule has 0 spiro atoms. The summed E-state index contributed by atoms with van der Waals surface area (Å²) in [5, 5.41) is 8.65. The van der Waals surface area contributed by atoms with E-state index >= 15 is 0 Å². The molecule has 0 aliphatic heterocycles. The van der Waals surface area contributed by atoms with Gasteiger partial charge in [0.2, 0.25) is 0 Å². The first kappa shape index (κ1) is 9.51. The normalized spacial score (nSPS) is 11.5. The van der Waals surface area contributed by atoms with E-state index in [2.05, 4.69) is 0 Å². The molecule has 0 saturated heterocycles. The molecule has 12 heavy (non-hydrogen) atoms. The van der Waals surface area contributed by atoms with Crippen molar-refractivity contribution in [2.24, 2.45) is 0 Å². The van der Waals surface area contributed by atoms with Crippen LogP contribution in [0.3, 0.4) is 0 Å². The predicted octanol–water partition coefficient (Wildman–Crippen LogP) is 1.11. The van der Waals surface area contributed by atoms with Gasteiger partial charge in [-0.15, -0.1) is 0 Å². The number of rotatable bonds is 2. The molecule has 0 aliphatic carbocycles. The van der Waals surface area contributed by atoms with Crippen molar-refractivity contribution >= 4 is 19.7 Å². The number of aliphatic hydroxyl groups excluding tert-OH is 1. The van der Waals surface area contributed by atoms with Gasteiger partial charge < -0.3 is 5.11 Å². The number of benzene rings is 1. The standard InChI is InChI=1S/C7H7ClO3S/c8-12(10,11)7-3-1-6(5-9)2-4-7/h1-4,9H,5H2. The van der Waals surface area contributed by atoms with Crippen LogP contribution in [0.5, 0.6) is 0 Å². The lowest BCUT2D eigenvalue weighted by molar-refractivity contribution is 0.282. The van der Waals surface area contributed by atoms with Crippen molar-refractivity contribution < 1.29 is 13.5 Å². The molecule has 0 radical (unpaired) electrons. The van der Waals surface area contributed by atoms with Gasteiger partial charge in [0, 0.05) is 10.7 Å². The Morgan fingerprint density at radius 3 is 2.08 bits per heavy atom. The quantitative estimate of drug-likeness (QED) is 0.738. The second-order valence-electron chi connectivity index (χ2n) is 2.24. The van der Waals surface area contributed by atoms with Crippen LogP contribution in [-0.2, 0) is 15.7 Å². The summed E-state index contributed by atoms with van der Waals surface area (Å²) in [7, 11) is 1.43. The molecule has 1 rings (SSSR count). The lowest BCUT2D eigenvalue weighted by Crippen LogP contribution is -1.90. The van der Waals surface area contributed by atoms with Crippen LogP contribution in [0.25, 0.3) is 0 Å². The van der Waals surface area contributed by atoms with Crippen LogP contribution in [-0.4, -0.2) is 13.5 Å². The number of hydrogen-bond donors (Lipinski definition) is 1. The molecule has 1 aromatic carbocycles. The first-order chi connectivity index (χ1) is 5.54. The van der Waals surface area contributed by atoms with Gasteiger partial charge >= 0.3 is 0 Å². The van der Waals surface area contributed by atoms with Crippen LogP contribution in [0, 0.1) is 0 Å². The monoisotopic (exact) mass is 206 g/mol. The summed E-state index contributed by atoms with van der Waals surface area (Å²) >= 11 is 0. The Bertz CT molecular complexity index is 355. The summed E-state index contributed by atoms with van der Waals surface area (Å²) in [6.07, 6.45) is 0. The Balaban J connectivity index is 3.09. The topological polar surface area (TPSA) is 54.4 Å². The van der Waals surface area contributed by atoms with Gasteiger partial charge in [-0.25, -0.2) is 8.42 Å². The van der Waals surface area contributed by atoms with Crippen LogP contribution in [0.1, 0.15) is 5.56 Å². The minimum Gasteiger partial charge on any atom is -0.392 e. The molecule has 3 nitrogen and oxygen atoms in total. The van der Waals surface area contributed by atoms with Crippen molar-refractivity contribution in [3.8, 4) is 0 Å². The van der Waals surface area contributed by atoms with E-state index in [1.165, 1.54) is 24.3 Å². The molecule has 1 N–H and O–H groups in total. The number of halogens is 1. The molecule has 1 aromatic rings. The smallest absolute Gasteiger partial charge is 0.261 e. The zero-order valence-electron chi connectivity index (χ0n) is 6.07. The van der Waals surface area contributed by atoms with E-state index in [4.69, 9.17) is 15.8 Å². The average molecular weight is 207 g/mol. The van der Waals surface area contributed by atoms with Crippen LogP contribution in [0.4, 0.5) is 0 Å². The Morgan fingerprint density at radius 1 is 1.25 bits per heavy atom. The fraction of sp³-hybridized carbons (Fsp3) is 0.143. The second kappa shape index (κ2) is 3.43. The van der Waals surface area contributed by atoms with Crippen molar-refractivity contribution in [2.75, 3.05) is 0 Å². The fourth-order valence-corrected chi connectivity index (χ4v) is 1.53. The highest BCUT2D eigenvalue weighted by atomic mass is 35.7. The maximum absolute atomic E-state index is 10.7. The Hall–Kier alpha value is -0.580. The summed E-state index contributed by atoms with van der Waals surface area (Å²) in [6.45, 7) is -0.109. The lowest BCUT2D eigenvalue weighted by atomic mass is 10.2. The van der Waals surface area contributed by atoms with Gasteiger partial charge in [0.1, 0.15) is 0 Å². The highest BCUT2D eigenvalue weighted by Crippen LogP contribution is 2.14. The Labute approximate surface area is 75.0 Å². The average Bonchev–Trinajstić information content (AvgIpc) is 2.03. The summed E-state index contributed by atoms with van der Waals surface area (Å²) in [4.78, 5) is 0.0429. The van der Waals surface area contributed by atoms with Gasteiger partial charge in [0.05, 0.1) is 11.5 Å². The van der Waals surface area contributed by atoms with Crippen molar-refractivity contribution in [3.63, 3.8) is 0 Å². The molecular formula is C7H7ClO3S.